The highest BCUT2D eigenvalue weighted by Crippen LogP contribution is 2.71. The maximum Gasteiger partial charge on any atom is 0.187 e. The van der Waals surface area contributed by atoms with E-state index in [1.807, 2.05) is 6.92 Å². The number of hydrogen-bond donors (Lipinski definition) is 17. The second-order valence-electron chi connectivity index (χ2n) is 27.3. The van der Waals surface area contributed by atoms with Crippen LogP contribution in [0.5, 0.6) is 0 Å². The van der Waals surface area contributed by atoms with E-state index in [0.717, 1.165) is 38.5 Å². The monoisotopic (exact) mass is 1260 g/mol. The van der Waals surface area contributed by atoms with Gasteiger partial charge in [-0.25, -0.2) is 0 Å². The topological polar surface area (TPSA) is 455 Å². The molecule has 10 aliphatic rings. The lowest BCUT2D eigenvalue weighted by molar-refractivity contribution is -0.395. The first-order valence-corrected chi connectivity index (χ1v) is 31.3. The molecule has 0 aromatic heterocycles. The Balaban J connectivity index is 0.835. The first-order valence-electron chi connectivity index (χ1n) is 31.3. The normalized spacial score (nSPS) is 54.8. The van der Waals surface area contributed by atoms with Gasteiger partial charge in [0.15, 0.2) is 37.2 Å². The van der Waals surface area contributed by atoms with Crippen LogP contribution in [-0.2, 0) is 56.8 Å². The van der Waals surface area contributed by atoms with E-state index in [1.54, 1.807) is 7.11 Å². The number of ether oxygens (including phenoxy) is 12. The molecular weight excluding hydrogens is 1160 g/mol. The minimum atomic E-state index is -2.00. The predicted octanol–water partition coefficient (Wildman–Crippen LogP) is -5.48. The fourth-order valence-electron chi connectivity index (χ4n) is 17.3. The number of rotatable bonds is 20. The van der Waals surface area contributed by atoms with Crippen molar-refractivity contribution in [1.82, 2.24) is 0 Å². The summed E-state index contributed by atoms with van der Waals surface area (Å²) in [5, 5.41) is 180. The molecule has 10 fully saturated rings. The molecule has 4 aliphatic carbocycles. The molecule has 4 saturated carbocycles. The highest BCUT2D eigenvalue weighted by atomic mass is 16.8. The zero-order chi connectivity index (χ0) is 62.9. The zero-order valence-corrected chi connectivity index (χ0v) is 49.9. The third kappa shape index (κ3) is 12.7. The fourth-order valence-corrected chi connectivity index (χ4v) is 17.3. The Hall–Kier alpha value is -1.16. The Morgan fingerprint density at radius 1 is 0.483 bits per heavy atom. The molecule has 0 bridgehead atoms. The van der Waals surface area contributed by atoms with Crippen LogP contribution < -0.4 is 0 Å². The fraction of sp³-hybridized carbons (Fsp3) is 1.00. The van der Waals surface area contributed by atoms with Gasteiger partial charge in [-0.05, 0) is 104 Å². The van der Waals surface area contributed by atoms with Gasteiger partial charge in [0, 0.05) is 19.4 Å². The molecule has 6 saturated heterocycles. The van der Waals surface area contributed by atoms with E-state index in [9.17, 15) is 86.8 Å². The lowest BCUT2D eigenvalue weighted by atomic mass is 9.44. The van der Waals surface area contributed by atoms with Gasteiger partial charge in [0.2, 0.25) is 0 Å². The smallest absolute Gasteiger partial charge is 0.187 e. The molecule has 17 N–H and O–H groups in total. The Labute approximate surface area is 504 Å². The molecular formula is C58H98O29. The minimum Gasteiger partial charge on any atom is -0.394 e. The third-order valence-electron chi connectivity index (χ3n) is 22.5. The van der Waals surface area contributed by atoms with Crippen LogP contribution in [0.25, 0.3) is 0 Å². The first-order chi connectivity index (χ1) is 41.3. The summed E-state index contributed by atoms with van der Waals surface area (Å²) < 4.78 is 73.7. The summed E-state index contributed by atoms with van der Waals surface area (Å²) in [5.41, 5.74) is -0.140. The van der Waals surface area contributed by atoms with Crippen LogP contribution in [0.2, 0.25) is 0 Å². The molecule has 0 spiro atoms. The van der Waals surface area contributed by atoms with Crippen LogP contribution in [0.15, 0.2) is 0 Å². The van der Waals surface area contributed by atoms with Gasteiger partial charge in [-0.2, -0.15) is 0 Å². The lowest BCUT2D eigenvalue weighted by Gasteiger charge is -2.61. The van der Waals surface area contributed by atoms with Crippen molar-refractivity contribution in [2.45, 2.75) is 263 Å². The van der Waals surface area contributed by atoms with Crippen molar-refractivity contribution in [1.29, 1.82) is 0 Å². The summed E-state index contributed by atoms with van der Waals surface area (Å²) >= 11 is 0. The molecule has 504 valence electrons. The van der Waals surface area contributed by atoms with E-state index in [4.69, 9.17) is 56.8 Å². The van der Waals surface area contributed by atoms with E-state index in [0.29, 0.717) is 43.4 Å². The third-order valence-corrected chi connectivity index (χ3v) is 22.5. The van der Waals surface area contributed by atoms with E-state index >= 15 is 0 Å². The van der Waals surface area contributed by atoms with Crippen LogP contribution in [0, 0.1) is 52.3 Å². The molecule has 37 atom stereocenters. The molecule has 29 nitrogen and oxygen atoms in total. The van der Waals surface area contributed by atoms with Crippen molar-refractivity contribution < 1.29 is 144 Å². The highest BCUT2D eigenvalue weighted by Gasteiger charge is 2.69. The molecule has 0 amide bonds. The maximum atomic E-state index is 12.6. The molecule has 0 radical (unpaired) electrons. The van der Waals surface area contributed by atoms with Crippen LogP contribution in [-0.4, -0.2) is 305 Å². The summed E-state index contributed by atoms with van der Waals surface area (Å²) in [5.74, 6) is 0.755. The van der Waals surface area contributed by atoms with Gasteiger partial charge in [-0.3, -0.25) is 0 Å². The molecule has 0 unspecified atom stereocenters. The summed E-state index contributed by atoms with van der Waals surface area (Å²) in [6, 6.07) is 0. The van der Waals surface area contributed by atoms with Gasteiger partial charge < -0.3 is 144 Å². The second kappa shape index (κ2) is 27.7. The van der Waals surface area contributed by atoms with Crippen LogP contribution in [0.4, 0.5) is 0 Å². The van der Waals surface area contributed by atoms with Gasteiger partial charge >= 0.3 is 0 Å². The summed E-state index contributed by atoms with van der Waals surface area (Å²) in [4.78, 5) is 0. The van der Waals surface area contributed by atoms with Crippen molar-refractivity contribution in [3.63, 3.8) is 0 Å². The van der Waals surface area contributed by atoms with Gasteiger partial charge in [-0.1, -0.05) is 27.7 Å². The highest BCUT2D eigenvalue weighted by molar-refractivity contribution is 5.15. The number of methoxy groups -OCH3 is 1. The quantitative estimate of drug-likeness (QED) is 0.0506. The Morgan fingerprint density at radius 3 is 1.49 bits per heavy atom. The number of aliphatic hydroxyl groups excluding tert-OH is 17. The summed E-state index contributed by atoms with van der Waals surface area (Å²) in [6.07, 6.45) is -34.8. The van der Waals surface area contributed by atoms with Crippen LogP contribution in [0.1, 0.15) is 91.9 Å². The minimum absolute atomic E-state index is 0.0262. The van der Waals surface area contributed by atoms with E-state index in [2.05, 4.69) is 20.8 Å². The molecule has 6 heterocycles. The van der Waals surface area contributed by atoms with Crippen molar-refractivity contribution in [2.24, 2.45) is 52.3 Å². The maximum absolute atomic E-state index is 12.6. The van der Waals surface area contributed by atoms with Gasteiger partial charge in [0.1, 0.15) is 122 Å². The van der Waals surface area contributed by atoms with E-state index < -0.39 is 198 Å². The average Bonchev–Trinajstić information content (AvgIpc) is 1.58. The molecule has 0 aromatic carbocycles. The van der Waals surface area contributed by atoms with Crippen LogP contribution >= 0.6 is 0 Å². The zero-order valence-electron chi connectivity index (χ0n) is 49.9. The SMILES string of the molecule is CO[C@]1(CC[C@H](C)CO[C@@H]2O[C@H](CO)[C@@H](O)[C@H](O)[C@H]2O)O[C@H]2C[C@H]3[C@@H]4CC[C@@H]5C[C@@H](O[C@@H]6O[C@H](CO[C@@H]7O[C@H](CO)[C@@H](O)[C@H](O)[C@H]7O)[C@@H](O[C@@H]7O[C@H](CO)[C@@H](O)[C@H](O)[C@H]7O)[C@H](O)[C@H]6O[C@@H]6O[C@H](CO)[C@@H](O)[C@H](O)[C@H]6O)CC[C@]5(C)[C@H]4CC[C@]3(C)[C@H]2[C@@H]1C. The average molecular weight is 1260 g/mol. The summed E-state index contributed by atoms with van der Waals surface area (Å²) in [7, 11) is 1.70. The molecule has 0 aromatic rings. The van der Waals surface area contributed by atoms with Crippen molar-refractivity contribution in [3.8, 4) is 0 Å². The number of fused-ring (bicyclic) bond motifs is 7. The molecule has 87 heavy (non-hydrogen) atoms. The van der Waals surface area contributed by atoms with E-state index in [-0.39, 0.29) is 47.2 Å². The predicted molar refractivity (Wildman–Crippen MR) is 289 cm³/mol. The Morgan fingerprint density at radius 2 is 0.966 bits per heavy atom. The van der Waals surface area contributed by atoms with Crippen LogP contribution in [0.3, 0.4) is 0 Å². The molecule has 29 heteroatoms. The second-order valence-corrected chi connectivity index (χ2v) is 27.3. The Bertz CT molecular complexity index is 2200. The van der Waals surface area contributed by atoms with E-state index in [1.165, 1.54) is 0 Å². The lowest BCUT2D eigenvalue weighted by Crippen LogP contribution is -2.67. The first kappa shape index (κ1) is 68.7. The number of hydrogen-bond acceptors (Lipinski definition) is 29. The number of aliphatic hydroxyl groups is 17. The summed E-state index contributed by atoms with van der Waals surface area (Å²) in [6.45, 7) is 5.55. The van der Waals surface area contributed by atoms with Crippen molar-refractivity contribution in [2.75, 3.05) is 46.8 Å². The van der Waals surface area contributed by atoms with Crippen molar-refractivity contribution >= 4 is 0 Å². The van der Waals surface area contributed by atoms with Gasteiger partial charge in [0.05, 0.1) is 51.8 Å². The largest absolute Gasteiger partial charge is 0.394 e. The molecule has 10 rings (SSSR count). The standard InChI is InChI=1S/C58H98O29/c1-22(20-77-51-44(71)40(67)36(63)30(16-59)80-51)8-13-58(76-5)23(2)35-29(87-58)15-28-26-7-6-24-14-25(9-11-56(24,3)27(26)10-12-57(28,35)4)79-55-50(86-54-47(74)43(70)39(66)33(19-62)83-54)48(75)49(85-53-46(73)42(69)38(65)32(18-61)82-53)34(84-55)21-78-52-45(72)41(68)37(64)31(17-60)81-52/h22-55,59-75H,6-21H2,1-5H3/t22-,23-,24+,25-,26+,27-,28-,29-,30+,31+,32+,33+,34+,35-,36+,37+,38+,39+,40-,41-,42-,43-,44+,45+,46+,47+,48-,49+,50+,51+,52+,53-,54-,55+,56-,57-,58+/m0/s1. The Kier molecular flexibility index (Phi) is 21.8. The molecule has 6 aliphatic heterocycles. The van der Waals surface area contributed by atoms with Gasteiger partial charge in [0.25, 0.3) is 0 Å². The van der Waals surface area contributed by atoms with Gasteiger partial charge in [-0.15, -0.1) is 0 Å². The van der Waals surface area contributed by atoms with Crippen molar-refractivity contribution in [3.05, 3.63) is 0 Å².